The summed E-state index contributed by atoms with van der Waals surface area (Å²) in [6, 6.07) is 6.74. The summed E-state index contributed by atoms with van der Waals surface area (Å²) in [5.74, 6) is -0.935. The smallest absolute Gasteiger partial charge is 0.333 e. The van der Waals surface area contributed by atoms with E-state index in [9.17, 15) is 13.6 Å². The number of aliphatic carboxylic acids is 1. The van der Waals surface area contributed by atoms with Crippen LogP contribution in [0, 0.1) is 0 Å². The van der Waals surface area contributed by atoms with Gasteiger partial charge in [-0.3, -0.25) is 4.79 Å². The molecule has 2 rings (SSSR count). The molecule has 1 heterocycles. The van der Waals surface area contributed by atoms with E-state index >= 15 is 0 Å². The van der Waals surface area contributed by atoms with E-state index in [4.69, 9.17) is 5.11 Å². The van der Waals surface area contributed by atoms with Crippen molar-refractivity contribution >= 4 is 5.97 Å². The number of hydrogen-bond acceptors (Lipinski definition) is 2. The second-order valence-corrected chi connectivity index (χ2v) is 3.76. The fourth-order valence-corrected chi connectivity index (χ4v) is 1.63. The van der Waals surface area contributed by atoms with Crippen molar-refractivity contribution in [3.05, 3.63) is 42.2 Å². The second kappa shape index (κ2) is 4.95. The van der Waals surface area contributed by atoms with Gasteiger partial charge in [0.05, 0.1) is 12.6 Å². The average Bonchev–Trinajstić information content (AvgIpc) is 2.77. The highest BCUT2D eigenvalue weighted by atomic mass is 19.3. The second-order valence-electron chi connectivity index (χ2n) is 3.76. The lowest BCUT2D eigenvalue weighted by molar-refractivity contribution is -0.136. The highest BCUT2D eigenvalue weighted by molar-refractivity contribution is 5.71. The maximum atomic E-state index is 12.4. The summed E-state index contributed by atoms with van der Waals surface area (Å²) in [7, 11) is 0. The average molecular weight is 252 g/mol. The van der Waals surface area contributed by atoms with Crippen LogP contribution in [0.25, 0.3) is 11.1 Å². The zero-order valence-corrected chi connectivity index (χ0v) is 9.25. The molecule has 0 saturated carbocycles. The molecular formula is C12H10F2N2O2. The number of halogens is 2. The molecule has 2 aromatic rings. The monoisotopic (exact) mass is 252 g/mol. The highest BCUT2D eigenvalue weighted by Gasteiger charge is 2.09. The summed E-state index contributed by atoms with van der Waals surface area (Å²) >= 11 is 0. The number of carboxylic acid groups (broad SMARTS) is 1. The lowest BCUT2D eigenvalue weighted by Gasteiger charge is -2.01. The van der Waals surface area contributed by atoms with Crippen molar-refractivity contribution in [3.63, 3.8) is 0 Å². The standard InChI is InChI=1S/C12H10F2N2O2/c13-12(14)16-7-10(6-15-16)9-3-1-2-8(4-9)5-11(17)18/h1-4,6-7,12H,5H2,(H,17,18). The minimum Gasteiger partial charge on any atom is -0.481 e. The van der Waals surface area contributed by atoms with Gasteiger partial charge >= 0.3 is 12.5 Å². The van der Waals surface area contributed by atoms with Crippen molar-refractivity contribution in [2.75, 3.05) is 0 Å². The van der Waals surface area contributed by atoms with Crippen molar-refractivity contribution in [3.8, 4) is 11.1 Å². The molecule has 94 valence electrons. The van der Waals surface area contributed by atoms with Crippen LogP contribution in [0.1, 0.15) is 12.1 Å². The van der Waals surface area contributed by atoms with Crippen LogP contribution >= 0.6 is 0 Å². The van der Waals surface area contributed by atoms with Gasteiger partial charge in [-0.25, -0.2) is 4.68 Å². The number of aromatic nitrogens is 2. The van der Waals surface area contributed by atoms with Crippen molar-refractivity contribution < 1.29 is 18.7 Å². The van der Waals surface area contributed by atoms with Crippen LogP contribution in [0.3, 0.4) is 0 Å². The molecule has 0 saturated heterocycles. The molecule has 4 nitrogen and oxygen atoms in total. The third-order valence-electron chi connectivity index (χ3n) is 2.42. The lowest BCUT2D eigenvalue weighted by Crippen LogP contribution is -1.99. The van der Waals surface area contributed by atoms with Crippen LogP contribution in [0.5, 0.6) is 0 Å². The summed E-state index contributed by atoms with van der Waals surface area (Å²) in [6.07, 6.45) is 2.45. The van der Waals surface area contributed by atoms with Crippen molar-refractivity contribution in [2.24, 2.45) is 0 Å². The van der Waals surface area contributed by atoms with Gasteiger partial charge in [0.2, 0.25) is 0 Å². The van der Waals surface area contributed by atoms with Gasteiger partial charge < -0.3 is 5.11 Å². The van der Waals surface area contributed by atoms with E-state index < -0.39 is 12.5 Å². The van der Waals surface area contributed by atoms with Crippen LogP contribution in [0.4, 0.5) is 8.78 Å². The Labute approximate surface area is 101 Å². The molecule has 0 aliphatic heterocycles. The lowest BCUT2D eigenvalue weighted by atomic mass is 10.0. The largest absolute Gasteiger partial charge is 0.481 e. The SMILES string of the molecule is O=C(O)Cc1cccc(-c2cnn(C(F)F)c2)c1. The first-order valence-corrected chi connectivity index (χ1v) is 5.19. The molecule has 0 radical (unpaired) electrons. The van der Waals surface area contributed by atoms with Crippen LogP contribution in [-0.2, 0) is 11.2 Å². The van der Waals surface area contributed by atoms with Crippen molar-refractivity contribution in [1.82, 2.24) is 9.78 Å². The fourth-order valence-electron chi connectivity index (χ4n) is 1.63. The Hall–Kier alpha value is -2.24. The van der Waals surface area contributed by atoms with Crippen LogP contribution < -0.4 is 0 Å². The van der Waals surface area contributed by atoms with E-state index in [-0.39, 0.29) is 6.42 Å². The Balaban J connectivity index is 2.29. The Morgan fingerprint density at radius 1 is 1.39 bits per heavy atom. The third-order valence-corrected chi connectivity index (χ3v) is 2.42. The number of nitrogens with zero attached hydrogens (tertiary/aromatic N) is 2. The number of carboxylic acids is 1. The van der Waals surface area contributed by atoms with E-state index in [1.54, 1.807) is 24.3 Å². The minimum absolute atomic E-state index is 0.100. The predicted octanol–water partition coefficient (Wildman–Crippen LogP) is 2.57. The zero-order chi connectivity index (χ0) is 13.1. The topological polar surface area (TPSA) is 55.1 Å². The molecule has 0 aliphatic carbocycles. The van der Waals surface area contributed by atoms with E-state index in [1.165, 1.54) is 12.4 Å². The number of rotatable bonds is 4. The molecule has 1 aromatic carbocycles. The molecule has 0 bridgehead atoms. The van der Waals surface area contributed by atoms with Gasteiger partial charge in [-0.15, -0.1) is 0 Å². The van der Waals surface area contributed by atoms with Gasteiger partial charge in [0.25, 0.3) is 0 Å². The van der Waals surface area contributed by atoms with Gasteiger partial charge in [-0.1, -0.05) is 24.3 Å². The quantitative estimate of drug-likeness (QED) is 0.909. The molecule has 1 aromatic heterocycles. The van der Waals surface area contributed by atoms with E-state index in [0.29, 0.717) is 21.4 Å². The van der Waals surface area contributed by atoms with E-state index in [1.807, 2.05) is 0 Å². The van der Waals surface area contributed by atoms with E-state index in [2.05, 4.69) is 5.10 Å². The molecule has 0 unspecified atom stereocenters. The molecule has 0 atom stereocenters. The summed E-state index contributed by atoms with van der Waals surface area (Å²) in [5.41, 5.74) is 1.81. The Kier molecular flexibility index (Phi) is 3.36. The molecular weight excluding hydrogens is 242 g/mol. The van der Waals surface area contributed by atoms with Crippen molar-refractivity contribution in [2.45, 2.75) is 13.0 Å². The molecule has 6 heteroatoms. The van der Waals surface area contributed by atoms with Crippen LogP contribution in [0.15, 0.2) is 36.7 Å². The number of hydrogen-bond donors (Lipinski definition) is 1. The molecule has 1 N–H and O–H groups in total. The first-order valence-electron chi connectivity index (χ1n) is 5.19. The summed E-state index contributed by atoms with van der Waals surface area (Å²) in [6.45, 7) is -2.68. The molecule has 0 spiro atoms. The third kappa shape index (κ3) is 2.71. The van der Waals surface area contributed by atoms with Gasteiger partial charge in [0, 0.05) is 11.8 Å². The van der Waals surface area contributed by atoms with Crippen LogP contribution in [-0.4, -0.2) is 20.9 Å². The maximum absolute atomic E-state index is 12.4. The molecule has 0 aliphatic rings. The van der Waals surface area contributed by atoms with Gasteiger partial charge in [0.1, 0.15) is 0 Å². The first kappa shape index (κ1) is 12.2. The summed E-state index contributed by atoms with van der Waals surface area (Å²) < 4.78 is 25.3. The van der Waals surface area contributed by atoms with Gasteiger partial charge in [-0.2, -0.15) is 13.9 Å². The molecule has 0 fully saturated rings. The van der Waals surface area contributed by atoms with Gasteiger partial charge in [0.15, 0.2) is 0 Å². The Bertz CT molecular complexity index is 567. The Morgan fingerprint density at radius 3 is 2.78 bits per heavy atom. The Morgan fingerprint density at radius 2 is 2.17 bits per heavy atom. The van der Waals surface area contributed by atoms with E-state index in [0.717, 1.165) is 0 Å². The summed E-state index contributed by atoms with van der Waals surface area (Å²) in [5, 5.41) is 12.2. The molecule has 0 amide bonds. The summed E-state index contributed by atoms with van der Waals surface area (Å²) in [4.78, 5) is 10.6. The fraction of sp³-hybridized carbons (Fsp3) is 0.167. The van der Waals surface area contributed by atoms with Crippen molar-refractivity contribution in [1.29, 1.82) is 0 Å². The molecule has 18 heavy (non-hydrogen) atoms. The minimum atomic E-state index is -2.68. The normalized spacial score (nSPS) is 10.8. The number of carbonyl (C=O) groups is 1. The number of benzene rings is 1. The predicted molar refractivity (Wildman–Crippen MR) is 60.3 cm³/mol. The maximum Gasteiger partial charge on any atom is 0.333 e. The highest BCUT2D eigenvalue weighted by Crippen LogP contribution is 2.22. The zero-order valence-electron chi connectivity index (χ0n) is 9.25. The first-order chi connectivity index (χ1) is 8.56. The van der Waals surface area contributed by atoms with Crippen LogP contribution in [0.2, 0.25) is 0 Å². The van der Waals surface area contributed by atoms with Gasteiger partial charge in [-0.05, 0) is 11.1 Å². The number of alkyl halides is 2.